The lowest BCUT2D eigenvalue weighted by molar-refractivity contribution is -0.129. The molecule has 0 saturated carbocycles. The molecule has 0 saturated heterocycles. The lowest BCUT2D eigenvalue weighted by Crippen LogP contribution is -2.49. The molecule has 0 fully saturated rings. The molecule has 0 aliphatic carbocycles. The van der Waals surface area contributed by atoms with Crippen LogP contribution in [0.4, 0.5) is 4.39 Å². The fourth-order valence-corrected chi connectivity index (χ4v) is 5.19. The summed E-state index contributed by atoms with van der Waals surface area (Å²) in [4.78, 5) is 22.4. The van der Waals surface area contributed by atoms with Crippen molar-refractivity contribution in [3.05, 3.63) is 147 Å². The topological polar surface area (TPSA) is 129 Å². The van der Waals surface area contributed by atoms with E-state index in [-0.39, 0.29) is 32.0 Å². The summed E-state index contributed by atoms with van der Waals surface area (Å²) >= 11 is 0. The van der Waals surface area contributed by atoms with Crippen molar-refractivity contribution in [1.82, 2.24) is 5.32 Å². The molecule has 1 heterocycles. The van der Waals surface area contributed by atoms with Crippen LogP contribution in [0.25, 0.3) is 10.4 Å². The Morgan fingerprint density at radius 2 is 1.77 bits per heavy atom. The Balaban J connectivity index is 1.59. The van der Waals surface area contributed by atoms with Gasteiger partial charge in [-0.15, -0.1) is 0 Å². The number of ether oxygens (including phenoxy) is 2. The molecule has 4 aromatic rings. The Labute approximate surface area is 254 Å². The van der Waals surface area contributed by atoms with Gasteiger partial charge in [-0.1, -0.05) is 71.8 Å². The summed E-state index contributed by atoms with van der Waals surface area (Å²) < 4.78 is 26.2. The highest BCUT2D eigenvalue weighted by molar-refractivity contribution is 6.01. The Hall–Kier alpha value is -5.18. The third-order valence-electron chi connectivity index (χ3n) is 7.33. The quantitative estimate of drug-likeness (QED) is 0.0826. The zero-order valence-electron chi connectivity index (χ0n) is 24.0. The molecule has 0 radical (unpaired) electrons. The van der Waals surface area contributed by atoms with Crippen LogP contribution >= 0.6 is 0 Å². The zero-order chi connectivity index (χ0) is 30.8. The van der Waals surface area contributed by atoms with E-state index in [0.29, 0.717) is 41.0 Å². The van der Waals surface area contributed by atoms with Crippen LogP contribution in [0.3, 0.4) is 0 Å². The maximum atomic E-state index is 14.4. The number of aliphatic hydroxyl groups is 1. The summed E-state index contributed by atoms with van der Waals surface area (Å²) in [5.41, 5.74) is 11.1. The number of amides is 1. The largest absolute Gasteiger partial charge is 0.494 e. The first-order valence-corrected chi connectivity index (χ1v) is 14.3. The van der Waals surface area contributed by atoms with E-state index in [1.807, 2.05) is 54.6 Å². The van der Waals surface area contributed by atoms with Crippen molar-refractivity contribution in [2.75, 3.05) is 13.2 Å². The molecular weight excluding hydrogens is 561 g/mol. The second kappa shape index (κ2) is 14.3. The summed E-state index contributed by atoms with van der Waals surface area (Å²) in [6.45, 7) is 0.568. The minimum atomic E-state index is -1.47. The van der Waals surface area contributed by atoms with E-state index in [0.717, 1.165) is 5.56 Å². The molecule has 5 rings (SSSR count). The minimum absolute atomic E-state index is 0.0377. The van der Waals surface area contributed by atoms with Crippen molar-refractivity contribution >= 4 is 11.8 Å². The standard InChI is InChI=1S/C34H32FN5O4/c35-28-12-6-10-25(20-28)22-37-33(42)34(21-24-8-2-1-3-9-24)31(30-13-5-4-11-27(30)23-38-40-36)44-32(39-34)26-14-16-29(17-15-26)43-19-7-18-41/h1-6,8-17,20,31,41H,7,18-19,21-23H2,(H,37,42)/t31-,34-/m1/s1. The van der Waals surface area contributed by atoms with Crippen LogP contribution in [0.2, 0.25) is 0 Å². The number of aliphatic hydroxyl groups excluding tert-OH is 1. The van der Waals surface area contributed by atoms with E-state index >= 15 is 0 Å². The van der Waals surface area contributed by atoms with Gasteiger partial charge in [0.05, 0.1) is 13.2 Å². The molecule has 1 aliphatic rings. The third-order valence-corrected chi connectivity index (χ3v) is 7.33. The predicted octanol–water partition coefficient (Wildman–Crippen LogP) is 6.21. The highest BCUT2D eigenvalue weighted by Crippen LogP contribution is 2.44. The monoisotopic (exact) mass is 593 g/mol. The number of rotatable bonds is 13. The molecule has 224 valence electrons. The number of nitrogens with zero attached hydrogens (tertiary/aromatic N) is 4. The van der Waals surface area contributed by atoms with Crippen molar-refractivity contribution in [2.45, 2.75) is 37.6 Å². The second-order valence-electron chi connectivity index (χ2n) is 10.4. The van der Waals surface area contributed by atoms with E-state index in [9.17, 15) is 9.18 Å². The van der Waals surface area contributed by atoms with Crippen LogP contribution < -0.4 is 10.1 Å². The Kier molecular flexibility index (Phi) is 9.86. The zero-order valence-corrected chi connectivity index (χ0v) is 24.0. The summed E-state index contributed by atoms with van der Waals surface area (Å²) in [6.07, 6.45) is -0.160. The van der Waals surface area contributed by atoms with Crippen molar-refractivity contribution in [1.29, 1.82) is 0 Å². The average molecular weight is 594 g/mol. The van der Waals surface area contributed by atoms with Crippen molar-refractivity contribution < 1.29 is 23.8 Å². The first-order chi connectivity index (χ1) is 21.5. The lowest BCUT2D eigenvalue weighted by atomic mass is 9.80. The molecular formula is C34H32FN5O4. The van der Waals surface area contributed by atoms with Gasteiger partial charge in [0.15, 0.2) is 11.6 Å². The van der Waals surface area contributed by atoms with Gasteiger partial charge in [-0.25, -0.2) is 9.38 Å². The fourth-order valence-electron chi connectivity index (χ4n) is 5.19. The van der Waals surface area contributed by atoms with E-state index in [1.54, 1.807) is 36.4 Å². The van der Waals surface area contributed by atoms with Crippen molar-refractivity contribution in [2.24, 2.45) is 10.1 Å². The SMILES string of the molecule is [N-]=[N+]=NCc1ccccc1[C@H]1OC(c2ccc(OCCCO)cc2)=N[C@@]1(Cc1ccccc1)C(=O)NCc1cccc(F)c1. The van der Waals surface area contributed by atoms with Gasteiger partial charge in [0, 0.05) is 36.5 Å². The van der Waals surface area contributed by atoms with E-state index < -0.39 is 23.4 Å². The number of aliphatic imine (C=N–C) groups is 1. The number of carbonyl (C=O) groups is 1. The van der Waals surface area contributed by atoms with Gasteiger partial charge in [-0.2, -0.15) is 0 Å². The molecule has 1 aliphatic heterocycles. The van der Waals surface area contributed by atoms with Crippen molar-refractivity contribution in [3.63, 3.8) is 0 Å². The molecule has 44 heavy (non-hydrogen) atoms. The Morgan fingerprint density at radius 3 is 2.52 bits per heavy atom. The predicted molar refractivity (Wildman–Crippen MR) is 164 cm³/mol. The molecule has 9 nitrogen and oxygen atoms in total. The third kappa shape index (κ3) is 7.06. The molecule has 1 amide bonds. The number of azide groups is 1. The normalized spacial score (nSPS) is 17.2. The number of hydrogen-bond donors (Lipinski definition) is 2. The van der Waals surface area contributed by atoms with Gasteiger partial charge in [0.1, 0.15) is 11.6 Å². The first-order valence-electron chi connectivity index (χ1n) is 14.3. The molecule has 2 N–H and O–H groups in total. The summed E-state index contributed by atoms with van der Waals surface area (Å²) in [7, 11) is 0. The smallest absolute Gasteiger partial charge is 0.252 e. The van der Waals surface area contributed by atoms with Gasteiger partial charge < -0.3 is 19.9 Å². The molecule has 0 unspecified atom stereocenters. The Morgan fingerprint density at radius 1 is 1.02 bits per heavy atom. The molecule has 2 atom stereocenters. The van der Waals surface area contributed by atoms with Crippen LogP contribution in [0, 0.1) is 5.82 Å². The van der Waals surface area contributed by atoms with Gasteiger partial charge >= 0.3 is 0 Å². The number of nitrogens with one attached hydrogen (secondary N) is 1. The lowest BCUT2D eigenvalue weighted by Gasteiger charge is -2.32. The first kappa shape index (κ1) is 30.3. The van der Waals surface area contributed by atoms with Crippen LogP contribution in [0.5, 0.6) is 5.75 Å². The van der Waals surface area contributed by atoms with Crippen molar-refractivity contribution in [3.8, 4) is 5.75 Å². The summed E-state index contributed by atoms with van der Waals surface area (Å²) in [5.74, 6) is 0.106. The number of benzene rings is 4. The highest BCUT2D eigenvalue weighted by atomic mass is 19.1. The number of halogens is 1. The number of carbonyl (C=O) groups excluding carboxylic acids is 1. The van der Waals surface area contributed by atoms with Crippen LogP contribution in [-0.2, 0) is 29.0 Å². The average Bonchev–Trinajstić information content (AvgIpc) is 3.43. The summed E-state index contributed by atoms with van der Waals surface area (Å²) in [5, 5.41) is 15.8. The molecule has 0 aromatic heterocycles. The fraction of sp³-hybridized carbons (Fsp3) is 0.235. The highest BCUT2D eigenvalue weighted by Gasteiger charge is 2.53. The Bertz CT molecular complexity index is 1660. The van der Waals surface area contributed by atoms with Gasteiger partial charge in [-0.3, -0.25) is 4.79 Å². The van der Waals surface area contributed by atoms with E-state index in [4.69, 9.17) is 25.1 Å². The second-order valence-corrected chi connectivity index (χ2v) is 10.4. The maximum Gasteiger partial charge on any atom is 0.252 e. The van der Waals surface area contributed by atoms with Gasteiger partial charge in [0.2, 0.25) is 5.90 Å². The van der Waals surface area contributed by atoms with Gasteiger partial charge in [-0.05, 0) is 64.2 Å². The molecule has 4 aromatic carbocycles. The minimum Gasteiger partial charge on any atom is -0.494 e. The van der Waals surface area contributed by atoms with Gasteiger partial charge in [0.25, 0.3) is 5.91 Å². The van der Waals surface area contributed by atoms with Crippen LogP contribution in [0.15, 0.2) is 113 Å². The van der Waals surface area contributed by atoms with Crippen LogP contribution in [-0.4, -0.2) is 35.7 Å². The molecule has 0 spiro atoms. The van der Waals surface area contributed by atoms with E-state index in [2.05, 4.69) is 15.3 Å². The van der Waals surface area contributed by atoms with Crippen LogP contribution in [0.1, 0.15) is 40.3 Å². The maximum absolute atomic E-state index is 14.4. The molecule has 10 heteroatoms. The van der Waals surface area contributed by atoms with E-state index in [1.165, 1.54) is 12.1 Å². The number of hydrogen-bond acceptors (Lipinski definition) is 6. The molecule has 0 bridgehead atoms. The summed E-state index contributed by atoms with van der Waals surface area (Å²) in [6, 6.07) is 30.1.